The van der Waals surface area contributed by atoms with Gasteiger partial charge in [-0.1, -0.05) is 12.1 Å². The maximum absolute atomic E-state index is 5.68. The lowest BCUT2D eigenvalue weighted by Crippen LogP contribution is -2.12. The summed E-state index contributed by atoms with van der Waals surface area (Å²) in [6, 6.07) is 12.1. The number of hydrogen-bond donors (Lipinski definition) is 0. The monoisotopic (exact) mass is 247 g/mol. The molecular formula is C13H14ClN3. The second-order valence-electron chi connectivity index (χ2n) is 3.91. The number of halogens is 1. The summed E-state index contributed by atoms with van der Waals surface area (Å²) < 4.78 is 0. The van der Waals surface area contributed by atoms with E-state index < -0.39 is 0 Å². The van der Waals surface area contributed by atoms with E-state index in [1.165, 1.54) is 5.56 Å². The van der Waals surface area contributed by atoms with Crippen molar-refractivity contribution in [2.45, 2.75) is 12.8 Å². The molecule has 1 heterocycles. The minimum absolute atomic E-state index is 0.390. The highest BCUT2D eigenvalue weighted by molar-refractivity contribution is 6.16. The van der Waals surface area contributed by atoms with Crippen molar-refractivity contribution in [2.75, 3.05) is 11.9 Å². The third-order valence-electron chi connectivity index (χ3n) is 2.58. The van der Waals surface area contributed by atoms with Crippen molar-refractivity contribution < 1.29 is 0 Å². The molecule has 1 aromatic heterocycles. The zero-order valence-electron chi connectivity index (χ0n) is 9.89. The number of aryl methyl sites for hydroxylation is 1. The summed E-state index contributed by atoms with van der Waals surface area (Å²) in [6.45, 7) is 2.07. The standard InChI is InChI=1S/C13H14ClN3/c1-10-4-3-5-12(8-10)17(2)13-7-6-11(9-14)15-16-13/h3-8H,9H2,1-2H3. The molecule has 0 aliphatic heterocycles. The summed E-state index contributed by atoms with van der Waals surface area (Å²) in [5.41, 5.74) is 3.10. The molecule has 88 valence electrons. The van der Waals surface area contributed by atoms with Gasteiger partial charge in [-0.25, -0.2) is 0 Å². The van der Waals surface area contributed by atoms with Crippen molar-refractivity contribution in [3.8, 4) is 0 Å². The molecule has 2 aromatic rings. The molecule has 0 radical (unpaired) electrons. The van der Waals surface area contributed by atoms with Gasteiger partial charge in [-0.15, -0.1) is 16.7 Å². The average Bonchev–Trinajstić information content (AvgIpc) is 2.38. The topological polar surface area (TPSA) is 29.0 Å². The molecule has 17 heavy (non-hydrogen) atoms. The lowest BCUT2D eigenvalue weighted by molar-refractivity contribution is 0.943. The fourth-order valence-electron chi connectivity index (χ4n) is 1.57. The van der Waals surface area contributed by atoms with Crippen LogP contribution in [0.4, 0.5) is 11.5 Å². The summed E-state index contributed by atoms with van der Waals surface area (Å²) in [4.78, 5) is 2.00. The van der Waals surface area contributed by atoms with Crippen LogP contribution in [0.2, 0.25) is 0 Å². The predicted octanol–water partition coefficient (Wildman–Crippen LogP) is 3.29. The van der Waals surface area contributed by atoms with Gasteiger partial charge in [0, 0.05) is 12.7 Å². The van der Waals surface area contributed by atoms with Gasteiger partial charge in [0.1, 0.15) is 0 Å². The van der Waals surface area contributed by atoms with Gasteiger partial charge in [0.25, 0.3) is 0 Å². The van der Waals surface area contributed by atoms with E-state index in [4.69, 9.17) is 11.6 Å². The highest BCUT2D eigenvalue weighted by atomic mass is 35.5. The van der Waals surface area contributed by atoms with Crippen molar-refractivity contribution in [1.29, 1.82) is 0 Å². The molecule has 0 amide bonds. The van der Waals surface area contributed by atoms with Gasteiger partial charge >= 0.3 is 0 Å². The molecule has 0 fully saturated rings. The number of hydrogen-bond acceptors (Lipinski definition) is 3. The lowest BCUT2D eigenvalue weighted by atomic mass is 10.2. The van der Waals surface area contributed by atoms with Crippen molar-refractivity contribution in [3.05, 3.63) is 47.7 Å². The average molecular weight is 248 g/mol. The Labute approximate surface area is 106 Å². The SMILES string of the molecule is Cc1cccc(N(C)c2ccc(CCl)nn2)c1. The molecule has 3 nitrogen and oxygen atoms in total. The first-order valence-corrected chi connectivity index (χ1v) is 5.93. The van der Waals surface area contributed by atoms with Gasteiger partial charge in [-0.05, 0) is 36.8 Å². The minimum atomic E-state index is 0.390. The first kappa shape index (κ1) is 11.9. The molecule has 0 aliphatic carbocycles. The quantitative estimate of drug-likeness (QED) is 0.780. The Kier molecular flexibility index (Phi) is 3.59. The third kappa shape index (κ3) is 2.74. The highest BCUT2D eigenvalue weighted by Crippen LogP contribution is 2.21. The van der Waals surface area contributed by atoms with E-state index >= 15 is 0 Å². The molecule has 1 aromatic carbocycles. The minimum Gasteiger partial charge on any atom is -0.328 e. The van der Waals surface area contributed by atoms with Crippen LogP contribution < -0.4 is 4.90 Å². The van der Waals surface area contributed by atoms with Crippen molar-refractivity contribution in [3.63, 3.8) is 0 Å². The van der Waals surface area contributed by atoms with Crippen LogP contribution in [0.1, 0.15) is 11.3 Å². The van der Waals surface area contributed by atoms with Crippen LogP contribution >= 0.6 is 11.6 Å². The Morgan fingerprint density at radius 3 is 2.59 bits per heavy atom. The number of benzene rings is 1. The molecule has 0 saturated heterocycles. The zero-order valence-corrected chi connectivity index (χ0v) is 10.6. The molecule has 0 bridgehead atoms. The fraction of sp³-hybridized carbons (Fsp3) is 0.231. The Bertz CT molecular complexity index is 496. The van der Waals surface area contributed by atoms with Crippen LogP contribution in [-0.4, -0.2) is 17.2 Å². The lowest BCUT2D eigenvalue weighted by Gasteiger charge is -2.18. The molecular weight excluding hydrogens is 234 g/mol. The summed E-state index contributed by atoms with van der Waals surface area (Å²) in [5.74, 6) is 1.20. The van der Waals surface area contributed by atoms with E-state index in [9.17, 15) is 0 Å². The molecule has 0 N–H and O–H groups in total. The molecule has 2 rings (SSSR count). The normalized spacial score (nSPS) is 10.3. The maximum atomic E-state index is 5.68. The Hall–Kier alpha value is -1.61. The van der Waals surface area contributed by atoms with Crippen LogP contribution in [0.5, 0.6) is 0 Å². The molecule has 4 heteroatoms. The zero-order chi connectivity index (χ0) is 12.3. The van der Waals surface area contributed by atoms with Gasteiger partial charge in [-0.3, -0.25) is 0 Å². The van der Waals surface area contributed by atoms with Gasteiger partial charge in [0.2, 0.25) is 0 Å². The number of rotatable bonds is 3. The number of anilines is 2. The summed E-state index contributed by atoms with van der Waals surface area (Å²) in [5, 5.41) is 8.19. The van der Waals surface area contributed by atoms with Crippen LogP contribution in [0.15, 0.2) is 36.4 Å². The molecule has 0 atom stereocenters. The molecule has 0 saturated carbocycles. The second-order valence-corrected chi connectivity index (χ2v) is 4.18. The highest BCUT2D eigenvalue weighted by Gasteiger charge is 2.05. The van der Waals surface area contributed by atoms with Crippen LogP contribution in [0, 0.1) is 6.92 Å². The van der Waals surface area contributed by atoms with E-state index in [-0.39, 0.29) is 0 Å². The first-order chi connectivity index (χ1) is 8.20. The number of nitrogens with zero attached hydrogens (tertiary/aromatic N) is 3. The van der Waals surface area contributed by atoms with Crippen molar-refractivity contribution in [2.24, 2.45) is 0 Å². The molecule has 0 spiro atoms. The maximum Gasteiger partial charge on any atom is 0.155 e. The van der Waals surface area contributed by atoms with E-state index in [0.29, 0.717) is 5.88 Å². The van der Waals surface area contributed by atoms with E-state index in [0.717, 1.165) is 17.2 Å². The van der Waals surface area contributed by atoms with Crippen molar-refractivity contribution in [1.82, 2.24) is 10.2 Å². The number of aromatic nitrogens is 2. The summed E-state index contributed by atoms with van der Waals surface area (Å²) >= 11 is 5.68. The van der Waals surface area contributed by atoms with Crippen LogP contribution in [-0.2, 0) is 5.88 Å². The number of alkyl halides is 1. The Morgan fingerprint density at radius 1 is 1.18 bits per heavy atom. The second kappa shape index (κ2) is 5.15. The van der Waals surface area contributed by atoms with E-state index in [1.54, 1.807) is 0 Å². The smallest absolute Gasteiger partial charge is 0.155 e. The molecule has 0 unspecified atom stereocenters. The summed E-state index contributed by atoms with van der Waals surface area (Å²) in [7, 11) is 1.97. The van der Waals surface area contributed by atoms with Crippen LogP contribution in [0.25, 0.3) is 0 Å². The third-order valence-corrected chi connectivity index (χ3v) is 2.85. The van der Waals surface area contributed by atoms with Gasteiger partial charge in [-0.2, -0.15) is 5.10 Å². The van der Waals surface area contributed by atoms with Crippen LogP contribution in [0.3, 0.4) is 0 Å². The van der Waals surface area contributed by atoms with E-state index in [2.05, 4.69) is 29.3 Å². The summed E-state index contributed by atoms with van der Waals surface area (Å²) in [6.07, 6.45) is 0. The molecule has 0 aliphatic rings. The van der Waals surface area contributed by atoms with Gasteiger partial charge < -0.3 is 4.90 Å². The fourth-order valence-corrected chi connectivity index (χ4v) is 1.71. The predicted molar refractivity (Wildman–Crippen MR) is 70.8 cm³/mol. The first-order valence-electron chi connectivity index (χ1n) is 5.39. The Balaban J connectivity index is 2.27. The Morgan fingerprint density at radius 2 is 2.00 bits per heavy atom. The van der Waals surface area contributed by atoms with Gasteiger partial charge in [0.05, 0.1) is 11.6 Å². The van der Waals surface area contributed by atoms with E-state index in [1.807, 2.05) is 36.2 Å². The largest absolute Gasteiger partial charge is 0.328 e. The van der Waals surface area contributed by atoms with Gasteiger partial charge in [0.15, 0.2) is 5.82 Å². The van der Waals surface area contributed by atoms with Crippen molar-refractivity contribution >= 4 is 23.1 Å².